The van der Waals surface area contributed by atoms with E-state index in [-0.39, 0.29) is 16.4 Å². The van der Waals surface area contributed by atoms with Gasteiger partial charge in [0.15, 0.2) is 0 Å². The van der Waals surface area contributed by atoms with Crippen molar-refractivity contribution in [3.8, 4) is 0 Å². The Bertz CT molecular complexity index is 161. The summed E-state index contributed by atoms with van der Waals surface area (Å²) in [6.07, 6.45) is 17.3. The van der Waals surface area contributed by atoms with Gasteiger partial charge in [-0.05, 0) is 0 Å². The maximum Gasteiger partial charge on any atom is -0.412 e. The first-order chi connectivity index (χ1) is 13.2. The Balaban J connectivity index is -0.0000000686. The number of hydrogen-bond donors (Lipinski definition) is 0. The second-order valence-corrected chi connectivity index (χ2v) is 16.8. The van der Waals surface area contributed by atoms with Crippen molar-refractivity contribution in [1.82, 2.24) is 0 Å². The van der Waals surface area contributed by atoms with Crippen molar-refractivity contribution in [2.75, 3.05) is 0 Å². The Hall–Kier alpha value is 1.51. The van der Waals surface area contributed by atoms with Gasteiger partial charge >= 0.3 is 196 Å². The molecule has 30 heavy (non-hydrogen) atoms. The van der Waals surface area contributed by atoms with Gasteiger partial charge in [0.1, 0.15) is 0 Å². The molecular weight excluding hydrogens is 554 g/mol. The van der Waals surface area contributed by atoms with Crippen molar-refractivity contribution >= 4 is 46.3 Å². The van der Waals surface area contributed by atoms with E-state index in [1.807, 2.05) is 0 Å². The predicted octanol–water partition coefficient (Wildman–Crippen LogP) is 6.91. The molecule has 0 aromatic rings. The van der Waals surface area contributed by atoms with E-state index in [0.717, 1.165) is 0 Å². The largest absolute Gasteiger partial charge is 0.412 e. The van der Waals surface area contributed by atoms with Crippen molar-refractivity contribution in [3.05, 3.63) is 0 Å². The van der Waals surface area contributed by atoms with Crippen LogP contribution in [0, 0.1) is 0 Å². The van der Waals surface area contributed by atoms with Crippen LogP contribution >= 0.6 is 0 Å². The molecule has 0 heterocycles. The topological polar surface area (TPSA) is 94.5 Å². The summed E-state index contributed by atoms with van der Waals surface area (Å²) in [7, 11) is 0. The molecule has 3 nitrogen and oxygen atoms in total. The van der Waals surface area contributed by atoms with Crippen LogP contribution in [0.3, 0.4) is 0 Å². The van der Waals surface area contributed by atoms with E-state index in [9.17, 15) is 0 Å². The fraction of sp³-hybridized carbons (Fsp3) is 1.00. The van der Waals surface area contributed by atoms with Crippen molar-refractivity contribution in [2.24, 2.45) is 0 Å². The fourth-order valence-electron chi connectivity index (χ4n) is 2.19. The Morgan fingerprint density at radius 3 is 0.533 bits per heavy atom. The summed E-state index contributed by atoms with van der Waals surface area (Å²) < 4.78 is 0. The zero-order chi connectivity index (χ0) is 20.8. The second kappa shape index (κ2) is 52.4. The molecule has 0 rings (SSSR count). The molecule has 186 valence electrons. The Morgan fingerprint density at radius 2 is 0.433 bits per heavy atom. The summed E-state index contributed by atoms with van der Waals surface area (Å²) in [6.45, 7) is 13.7. The van der Waals surface area contributed by atoms with Crippen LogP contribution in [-0.2, 0) is 0 Å². The molecule has 0 fully saturated rings. The van der Waals surface area contributed by atoms with E-state index in [1.54, 1.807) is 31.5 Å². The summed E-state index contributed by atoms with van der Waals surface area (Å²) in [4.78, 5) is 0. The normalized spacial score (nSPS) is 9.00. The van der Waals surface area contributed by atoms with Gasteiger partial charge in [-0.2, -0.15) is 0 Å². The molecule has 0 aromatic carbocycles. The molecule has 0 unspecified atom stereocenters. The summed E-state index contributed by atoms with van der Waals surface area (Å²) in [5.74, 6) is 0. The molecular formula is C24H60Ge3O3. The van der Waals surface area contributed by atoms with Gasteiger partial charge in [-0.1, -0.05) is 0 Å². The van der Waals surface area contributed by atoms with Gasteiger partial charge in [-0.3, -0.25) is 0 Å². The van der Waals surface area contributed by atoms with Gasteiger partial charge in [-0.15, -0.1) is 0 Å². The zero-order valence-corrected chi connectivity index (χ0v) is 28.0. The first-order valence-corrected chi connectivity index (χ1v) is 21.3. The van der Waals surface area contributed by atoms with E-state index in [0.29, 0.717) is 46.3 Å². The monoisotopic (exact) mass is 618 g/mol. The van der Waals surface area contributed by atoms with E-state index in [2.05, 4.69) is 41.5 Å². The zero-order valence-electron chi connectivity index (χ0n) is 21.7. The molecule has 0 aliphatic heterocycles. The first kappa shape index (κ1) is 45.1. The minimum absolute atomic E-state index is 0. The quantitative estimate of drug-likeness (QED) is 0.119. The molecule has 0 aliphatic carbocycles. The Kier molecular flexibility index (Phi) is 78.8. The molecule has 0 atom stereocenters. The van der Waals surface area contributed by atoms with Crippen LogP contribution in [0.1, 0.15) is 119 Å². The average Bonchev–Trinajstić information content (AvgIpc) is 2.69. The van der Waals surface area contributed by atoms with Crippen LogP contribution < -0.4 is 0 Å². The molecule has 0 saturated heterocycles. The maximum atomic E-state index is 2.28. The van der Waals surface area contributed by atoms with Gasteiger partial charge < -0.3 is 16.4 Å². The number of rotatable bonds is 18. The maximum absolute atomic E-state index is 2.28. The summed E-state index contributed by atoms with van der Waals surface area (Å²) >= 11 is 1.49. The van der Waals surface area contributed by atoms with Crippen LogP contribution in [0.5, 0.6) is 0 Å². The minimum Gasteiger partial charge on any atom is -0.412 e. The first-order valence-electron chi connectivity index (χ1n) is 12.4. The van der Waals surface area contributed by atoms with Gasteiger partial charge in [0, 0.05) is 0 Å². The number of hydrogen-bond acceptors (Lipinski definition) is 0. The van der Waals surface area contributed by atoms with Crippen molar-refractivity contribution in [1.29, 1.82) is 0 Å². The summed E-state index contributed by atoms with van der Waals surface area (Å²) in [6, 6.07) is 0. The van der Waals surface area contributed by atoms with Crippen molar-refractivity contribution < 1.29 is 16.4 Å². The third kappa shape index (κ3) is 63.0. The van der Waals surface area contributed by atoms with Gasteiger partial charge in [-0.25, -0.2) is 0 Å². The van der Waals surface area contributed by atoms with Crippen LogP contribution in [0.25, 0.3) is 0 Å². The van der Waals surface area contributed by atoms with Crippen molar-refractivity contribution in [3.63, 3.8) is 0 Å². The third-order valence-corrected chi connectivity index (χ3v) is 13.1. The van der Waals surface area contributed by atoms with E-state index in [1.165, 1.54) is 77.0 Å². The molecule has 6 radical (unpaired) electrons. The predicted molar refractivity (Wildman–Crippen MR) is 146 cm³/mol. The van der Waals surface area contributed by atoms with Gasteiger partial charge in [0.2, 0.25) is 0 Å². The molecule has 0 aliphatic rings. The van der Waals surface area contributed by atoms with Crippen LogP contribution in [0.2, 0.25) is 31.5 Å². The Labute approximate surface area is 211 Å². The van der Waals surface area contributed by atoms with Crippen LogP contribution in [-0.4, -0.2) is 62.7 Å². The van der Waals surface area contributed by atoms with Gasteiger partial charge in [0.05, 0.1) is 0 Å². The fourth-order valence-corrected chi connectivity index (χ4v) is 11.4. The molecule has 0 amide bonds. The molecule has 6 heteroatoms. The molecule has 0 spiro atoms. The molecule has 0 saturated carbocycles. The van der Waals surface area contributed by atoms with Crippen LogP contribution in [0.15, 0.2) is 0 Å². The molecule has 6 N–H and O–H groups in total. The second-order valence-electron chi connectivity index (χ2n) is 7.37. The van der Waals surface area contributed by atoms with Gasteiger partial charge in [0.25, 0.3) is 0 Å². The SMILES string of the molecule is CCC[CH2][Ge][CH2]CCC.CCC[CH2][Ge][CH2]CCC.CCC[CH2][Ge][CH2]CCC.O.O.O. The van der Waals surface area contributed by atoms with E-state index in [4.69, 9.17) is 0 Å². The van der Waals surface area contributed by atoms with E-state index < -0.39 is 0 Å². The Morgan fingerprint density at radius 1 is 0.300 bits per heavy atom. The van der Waals surface area contributed by atoms with E-state index >= 15 is 0 Å². The summed E-state index contributed by atoms with van der Waals surface area (Å²) in [5.41, 5.74) is 0. The van der Waals surface area contributed by atoms with Crippen molar-refractivity contribution in [2.45, 2.75) is 150 Å². The standard InChI is InChI=1S/3C8H18Ge.3H2O/c3*1-3-5-7-9-8-6-4-2;;;/h3*3-8H2,1-2H3;3*1H2. The minimum atomic E-state index is 0. The molecule has 0 aromatic heterocycles. The smallest absolute Gasteiger partial charge is 0.412 e. The molecule has 0 bridgehead atoms. The average molecular weight is 615 g/mol. The summed E-state index contributed by atoms with van der Waals surface area (Å²) in [5, 5.41) is 9.48. The van der Waals surface area contributed by atoms with Crippen LogP contribution in [0.4, 0.5) is 0 Å². The number of unbranched alkanes of at least 4 members (excludes halogenated alkanes) is 6. The third-order valence-electron chi connectivity index (χ3n) is 4.24.